The highest BCUT2D eigenvalue weighted by Gasteiger charge is 2.54. The molecule has 34 heavy (non-hydrogen) atoms. The Kier molecular flexibility index (Phi) is 7.01. The summed E-state index contributed by atoms with van der Waals surface area (Å²) in [7, 11) is 4.37. The van der Waals surface area contributed by atoms with Gasteiger partial charge in [0.15, 0.2) is 0 Å². The number of rotatable bonds is 7. The number of carbonyl (C=O) groups excluding carboxylic acids is 2. The van der Waals surface area contributed by atoms with Crippen molar-refractivity contribution in [1.82, 2.24) is 14.7 Å². The lowest BCUT2D eigenvalue weighted by atomic mass is 9.68. The van der Waals surface area contributed by atoms with Crippen LogP contribution in [0, 0.1) is 5.92 Å². The average molecular weight is 470 g/mol. The topological polar surface area (TPSA) is 53.1 Å². The van der Waals surface area contributed by atoms with Gasteiger partial charge in [0.05, 0.1) is 12.0 Å². The smallest absolute Gasteiger partial charge is 0.320 e. The Hall–Kier alpha value is -2.08. The van der Waals surface area contributed by atoms with Gasteiger partial charge in [0.1, 0.15) is 5.60 Å². The predicted molar refractivity (Wildman–Crippen MR) is 134 cm³/mol. The molecule has 0 N–H and O–H groups in total. The lowest BCUT2D eigenvalue weighted by Crippen LogP contribution is -2.56. The Morgan fingerprint density at radius 2 is 1.74 bits per heavy atom. The molecule has 2 saturated carbocycles. The van der Waals surface area contributed by atoms with Crippen LogP contribution in [0.1, 0.15) is 77.7 Å². The first-order valence-electron chi connectivity index (χ1n) is 13.1. The van der Waals surface area contributed by atoms with Gasteiger partial charge in [-0.2, -0.15) is 0 Å². The SMILES string of the molecule is CN(C)C1(c2ccccc2)CCC2(CC1)CN(CCC(=O)OC(C)(C)C)C(=O)N2CC1CCC1. The van der Waals surface area contributed by atoms with Crippen molar-refractivity contribution < 1.29 is 14.3 Å². The zero-order chi connectivity index (χ0) is 24.6. The van der Waals surface area contributed by atoms with Crippen LogP contribution < -0.4 is 0 Å². The second kappa shape index (κ2) is 9.52. The van der Waals surface area contributed by atoms with Gasteiger partial charge in [-0.1, -0.05) is 36.8 Å². The minimum atomic E-state index is -0.500. The molecule has 0 radical (unpaired) electrons. The first-order valence-corrected chi connectivity index (χ1v) is 13.1. The van der Waals surface area contributed by atoms with E-state index in [2.05, 4.69) is 54.2 Å². The number of hydrogen-bond acceptors (Lipinski definition) is 4. The van der Waals surface area contributed by atoms with Gasteiger partial charge in [0.2, 0.25) is 0 Å². The summed E-state index contributed by atoms with van der Waals surface area (Å²) >= 11 is 0. The summed E-state index contributed by atoms with van der Waals surface area (Å²) < 4.78 is 5.49. The molecule has 3 fully saturated rings. The largest absolute Gasteiger partial charge is 0.460 e. The van der Waals surface area contributed by atoms with E-state index in [1.807, 2.05) is 25.7 Å². The summed E-state index contributed by atoms with van der Waals surface area (Å²) in [6, 6.07) is 11.0. The number of nitrogens with zero attached hydrogens (tertiary/aromatic N) is 3. The quantitative estimate of drug-likeness (QED) is 0.526. The lowest BCUT2D eigenvalue weighted by Gasteiger charge is -2.51. The van der Waals surface area contributed by atoms with E-state index >= 15 is 0 Å². The Morgan fingerprint density at radius 1 is 1.09 bits per heavy atom. The number of amides is 2. The van der Waals surface area contributed by atoms with Gasteiger partial charge in [0, 0.05) is 25.2 Å². The molecule has 0 unspecified atom stereocenters. The first-order chi connectivity index (χ1) is 16.0. The molecule has 2 aliphatic carbocycles. The Balaban J connectivity index is 1.50. The maximum atomic E-state index is 13.6. The van der Waals surface area contributed by atoms with Crippen LogP contribution in [-0.4, -0.2) is 71.6 Å². The number of hydrogen-bond donors (Lipinski definition) is 0. The van der Waals surface area contributed by atoms with Crippen molar-refractivity contribution in [3.8, 4) is 0 Å². The van der Waals surface area contributed by atoms with Crippen LogP contribution in [-0.2, 0) is 15.1 Å². The predicted octanol–water partition coefficient (Wildman–Crippen LogP) is 5.03. The molecule has 4 rings (SSSR count). The van der Waals surface area contributed by atoms with Crippen molar-refractivity contribution in [1.29, 1.82) is 0 Å². The van der Waals surface area contributed by atoms with E-state index in [0.717, 1.165) is 38.8 Å². The number of urea groups is 1. The molecule has 0 aromatic heterocycles. The Morgan fingerprint density at radius 3 is 2.26 bits per heavy atom. The van der Waals surface area contributed by atoms with Gasteiger partial charge in [0.25, 0.3) is 0 Å². The lowest BCUT2D eigenvalue weighted by molar-refractivity contribution is -0.155. The Bertz CT molecular complexity index is 865. The normalized spacial score (nSPS) is 28.0. The van der Waals surface area contributed by atoms with Crippen molar-refractivity contribution in [2.45, 2.75) is 88.8 Å². The molecule has 188 valence electrons. The fourth-order valence-electron chi connectivity index (χ4n) is 6.18. The number of esters is 1. The highest BCUT2D eigenvalue weighted by Crippen LogP contribution is 2.49. The fourth-order valence-corrected chi connectivity index (χ4v) is 6.18. The third-order valence-electron chi connectivity index (χ3n) is 8.41. The summed E-state index contributed by atoms with van der Waals surface area (Å²) in [6.45, 7) is 7.67. The van der Waals surface area contributed by atoms with Crippen molar-refractivity contribution in [3.63, 3.8) is 0 Å². The molecule has 2 amide bonds. The summed E-state index contributed by atoms with van der Waals surface area (Å²) in [5.74, 6) is 0.396. The van der Waals surface area contributed by atoms with E-state index in [9.17, 15) is 9.59 Å². The van der Waals surface area contributed by atoms with Crippen molar-refractivity contribution in [2.24, 2.45) is 5.92 Å². The van der Waals surface area contributed by atoms with Crippen LogP contribution in [0.4, 0.5) is 4.79 Å². The standard InChI is InChI=1S/C28H43N3O3/c1-26(2,3)34-24(32)14-19-30-21-27(31(25(30)33)20-22-10-9-11-22)15-17-28(18-16-27,29(4)5)23-12-7-6-8-13-23/h6-8,12-13,22H,9-11,14-21H2,1-5H3. The van der Waals surface area contributed by atoms with Crippen LogP contribution >= 0.6 is 0 Å². The minimum absolute atomic E-state index is 0.00162. The molecule has 1 heterocycles. The van der Waals surface area contributed by atoms with E-state index < -0.39 is 5.60 Å². The van der Waals surface area contributed by atoms with E-state index in [0.29, 0.717) is 12.5 Å². The molecule has 1 aliphatic heterocycles. The van der Waals surface area contributed by atoms with Crippen molar-refractivity contribution in [2.75, 3.05) is 33.7 Å². The third kappa shape index (κ3) is 4.98. The molecular weight excluding hydrogens is 426 g/mol. The van der Waals surface area contributed by atoms with Crippen LogP contribution in [0.25, 0.3) is 0 Å². The molecule has 0 atom stereocenters. The molecule has 0 bridgehead atoms. The second-order valence-electron chi connectivity index (χ2n) is 12.0. The van der Waals surface area contributed by atoms with Crippen LogP contribution in [0.2, 0.25) is 0 Å². The molecule has 3 aliphatic rings. The minimum Gasteiger partial charge on any atom is -0.460 e. The van der Waals surface area contributed by atoms with Gasteiger partial charge < -0.3 is 14.5 Å². The number of benzene rings is 1. The zero-order valence-corrected chi connectivity index (χ0v) is 21.8. The third-order valence-corrected chi connectivity index (χ3v) is 8.41. The van der Waals surface area contributed by atoms with Crippen molar-refractivity contribution in [3.05, 3.63) is 35.9 Å². The molecule has 1 saturated heterocycles. The highest BCUT2D eigenvalue weighted by molar-refractivity contribution is 5.79. The summed E-state index contributed by atoms with van der Waals surface area (Å²) in [4.78, 5) is 32.5. The Labute approximate surface area is 205 Å². The maximum absolute atomic E-state index is 13.6. The van der Waals surface area contributed by atoms with Gasteiger partial charge in [-0.15, -0.1) is 0 Å². The van der Waals surface area contributed by atoms with Crippen LogP contribution in [0.3, 0.4) is 0 Å². The number of carbonyl (C=O) groups is 2. The monoisotopic (exact) mass is 469 g/mol. The molecular formula is C28H43N3O3. The average Bonchev–Trinajstić information content (AvgIpc) is 3.00. The van der Waals surface area contributed by atoms with E-state index in [4.69, 9.17) is 4.74 Å². The molecule has 1 aromatic carbocycles. The summed E-state index contributed by atoms with van der Waals surface area (Å²) in [6.07, 6.45) is 8.01. The molecule has 1 aromatic rings. The van der Waals surface area contributed by atoms with E-state index in [1.54, 1.807) is 0 Å². The highest BCUT2D eigenvalue weighted by atomic mass is 16.6. The van der Waals surface area contributed by atoms with Gasteiger partial charge >= 0.3 is 12.0 Å². The van der Waals surface area contributed by atoms with Crippen LogP contribution in [0.15, 0.2) is 30.3 Å². The van der Waals surface area contributed by atoms with Gasteiger partial charge in [-0.3, -0.25) is 9.69 Å². The first kappa shape index (κ1) is 25.0. The zero-order valence-electron chi connectivity index (χ0n) is 21.8. The van der Waals surface area contributed by atoms with E-state index in [1.165, 1.54) is 24.8 Å². The van der Waals surface area contributed by atoms with Crippen LogP contribution in [0.5, 0.6) is 0 Å². The van der Waals surface area contributed by atoms with E-state index in [-0.39, 0.29) is 29.5 Å². The molecule has 6 nitrogen and oxygen atoms in total. The molecule has 6 heteroatoms. The number of ether oxygens (including phenoxy) is 1. The van der Waals surface area contributed by atoms with Gasteiger partial charge in [-0.25, -0.2) is 4.79 Å². The summed E-state index contributed by atoms with van der Waals surface area (Å²) in [5, 5.41) is 0. The molecule has 1 spiro atoms. The van der Waals surface area contributed by atoms with Crippen molar-refractivity contribution >= 4 is 12.0 Å². The maximum Gasteiger partial charge on any atom is 0.320 e. The second-order valence-corrected chi connectivity index (χ2v) is 12.0. The fraction of sp³-hybridized carbons (Fsp3) is 0.714. The van der Waals surface area contributed by atoms with Gasteiger partial charge in [-0.05, 0) is 84.9 Å². The summed E-state index contributed by atoms with van der Waals surface area (Å²) in [5.41, 5.74) is 0.739.